The Morgan fingerprint density at radius 1 is 1.23 bits per heavy atom. The first-order valence-electron chi connectivity index (χ1n) is 4.67. The van der Waals surface area contributed by atoms with E-state index in [-0.39, 0.29) is 13.0 Å². The maximum atomic E-state index is 9.37. The molecule has 0 bridgehead atoms. The van der Waals surface area contributed by atoms with Gasteiger partial charge in [0.1, 0.15) is 0 Å². The minimum absolute atomic E-state index is 0.222. The summed E-state index contributed by atoms with van der Waals surface area (Å²) < 4.78 is 0. The topological polar surface area (TPSA) is 60.8 Å². The number of hydrogen-bond acceptors (Lipinski definition) is 3. The van der Waals surface area contributed by atoms with E-state index in [1.807, 2.05) is 0 Å². The van der Waals surface area contributed by atoms with Gasteiger partial charge in [0.15, 0.2) is 0 Å². The summed E-state index contributed by atoms with van der Waals surface area (Å²) in [5.41, 5.74) is 0. The van der Waals surface area contributed by atoms with Crippen molar-refractivity contribution in [1.29, 1.82) is 0 Å². The zero-order valence-corrected chi connectivity index (χ0v) is 8.79. The maximum Gasteiger partial charge on any atom is 0.303 e. The lowest BCUT2D eigenvalue weighted by Gasteiger charge is -2.15. The molecule has 13 heavy (non-hydrogen) atoms. The largest absolute Gasteiger partial charge is 0.481 e. The molecule has 0 spiro atoms. The van der Waals surface area contributed by atoms with Crippen LogP contribution >= 0.6 is 0 Å². The SMILES string of the molecule is CCC(=O)O.CCN(CC)CCO. The highest BCUT2D eigenvalue weighted by Gasteiger charge is 1.93. The Morgan fingerprint density at radius 3 is 1.69 bits per heavy atom. The van der Waals surface area contributed by atoms with Crippen LogP contribution in [0.15, 0.2) is 0 Å². The molecule has 80 valence electrons. The van der Waals surface area contributed by atoms with Crippen LogP contribution in [0.4, 0.5) is 0 Å². The number of aliphatic hydroxyl groups is 1. The number of hydrogen-bond donors (Lipinski definition) is 2. The van der Waals surface area contributed by atoms with E-state index in [1.54, 1.807) is 6.92 Å². The van der Waals surface area contributed by atoms with E-state index in [1.165, 1.54) is 0 Å². The Kier molecular flexibility index (Phi) is 13.0. The predicted octanol–water partition coefficient (Wildman–Crippen LogP) is 0.802. The van der Waals surface area contributed by atoms with Gasteiger partial charge in [-0.3, -0.25) is 4.79 Å². The molecule has 0 aromatic carbocycles. The van der Waals surface area contributed by atoms with Gasteiger partial charge in [-0.05, 0) is 13.1 Å². The summed E-state index contributed by atoms with van der Waals surface area (Å²) in [7, 11) is 0. The number of likely N-dealkylation sites (N-methyl/N-ethyl adjacent to an activating group) is 1. The molecule has 0 aliphatic carbocycles. The average Bonchev–Trinajstić information content (AvgIpc) is 2.15. The van der Waals surface area contributed by atoms with E-state index in [4.69, 9.17) is 10.2 Å². The maximum absolute atomic E-state index is 9.37. The molecule has 0 aromatic rings. The molecule has 2 N–H and O–H groups in total. The second kappa shape index (κ2) is 11.4. The van der Waals surface area contributed by atoms with E-state index in [0.29, 0.717) is 0 Å². The number of carboxylic acid groups (broad SMARTS) is 1. The zero-order chi connectivity index (χ0) is 10.7. The van der Waals surface area contributed by atoms with Crippen molar-refractivity contribution >= 4 is 5.97 Å². The Balaban J connectivity index is 0. The van der Waals surface area contributed by atoms with E-state index in [9.17, 15) is 4.79 Å². The molecule has 0 saturated heterocycles. The molecule has 0 saturated carbocycles. The van der Waals surface area contributed by atoms with Crippen LogP contribution in [0.5, 0.6) is 0 Å². The van der Waals surface area contributed by atoms with Crippen LogP contribution in [0.2, 0.25) is 0 Å². The van der Waals surface area contributed by atoms with E-state index in [0.717, 1.165) is 19.6 Å². The lowest BCUT2D eigenvalue weighted by molar-refractivity contribution is -0.136. The van der Waals surface area contributed by atoms with Crippen molar-refractivity contribution in [2.45, 2.75) is 27.2 Å². The molecule has 0 aliphatic rings. The summed E-state index contributed by atoms with van der Waals surface area (Å²) in [6.07, 6.45) is 0.222. The summed E-state index contributed by atoms with van der Waals surface area (Å²) in [5, 5.41) is 16.2. The van der Waals surface area contributed by atoms with Crippen LogP contribution in [-0.4, -0.2) is 47.3 Å². The first kappa shape index (κ1) is 14.9. The van der Waals surface area contributed by atoms with Crippen molar-refractivity contribution in [2.24, 2.45) is 0 Å². The minimum atomic E-state index is -0.745. The summed E-state index contributed by atoms with van der Waals surface area (Å²) in [4.78, 5) is 11.5. The molecular weight excluding hydrogens is 170 g/mol. The fourth-order valence-corrected chi connectivity index (χ4v) is 0.681. The molecule has 0 heterocycles. The van der Waals surface area contributed by atoms with Gasteiger partial charge in [-0.1, -0.05) is 20.8 Å². The molecule has 0 fully saturated rings. The van der Waals surface area contributed by atoms with Gasteiger partial charge in [-0.25, -0.2) is 0 Å². The first-order chi connectivity index (χ1) is 6.12. The second-order valence-electron chi connectivity index (χ2n) is 2.50. The van der Waals surface area contributed by atoms with Gasteiger partial charge in [0.2, 0.25) is 0 Å². The van der Waals surface area contributed by atoms with Gasteiger partial charge in [0.25, 0.3) is 0 Å². The fourth-order valence-electron chi connectivity index (χ4n) is 0.681. The van der Waals surface area contributed by atoms with Gasteiger partial charge < -0.3 is 15.1 Å². The summed E-state index contributed by atoms with van der Waals surface area (Å²) in [6.45, 7) is 8.96. The van der Waals surface area contributed by atoms with Crippen LogP contribution < -0.4 is 0 Å². The molecule has 0 rings (SSSR count). The Labute approximate surface area is 80.2 Å². The predicted molar refractivity (Wildman–Crippen MR) is 52.8 cm³/mol. The second-order valence-corrected chi connectivity index (χ2v) is 2.50. The number of rotatable bonds is 5. The molecule has 0 amide bonds. The van der Waals surface area contributed by atoms with Gasteiger partial charge in [-0.2, -0.15) is 0 Å². The molecule has 0 unspecified atom stereocenters. The standard InChI is InChI=1S/C6H15NO.C3H6O2/c1-3-7(4-2)5-6-8;1-2-3(4)5/h8H,3-6H2,1-2H3;2H2,1H3,(H,4,5). The lowest BCUT2D eigenvalue weighted by atomic mass is 10.5. The van der Waals surface area contributed by atoms with Crippen molar-refractivity contribution in [3.05, 3.63) is 0 Å². The van der Waals surface area contributed by atoms with E-state index in [2.05, 4.69) is 18.7 Å². The monoisotopic (exact) mass is 191 g/mol. The Bertz CT molecular complexity index is 113. The van der Waals surface area contributed by atoms with Crippen LogP contribution in [0.25, 0.3) is 0 Å². The summed E-state index contributed by atoms with van der Waals surface area (Å²) in [5.74, 6) is -0.745. The summed E-state index contributed by atoms with van der Waals surface area (Å²) >= 11 is 0. The lowest BCUT2D eigenvalue weighted by Crippen LogP contribution is -2.25. The molecule has 0 aromatic heterocycles. The van der Waals surface area contributed by atoms with Crippen molar-refractivity contribution in [3.63, 3.8) is 0 Å². The van der Waals surface area contributed by atoms with Crippen LogP contribution in [0.3, 0.4) is 0 Å². The fraction of sp³-hybridized carbons (Fsp3) is 0.889. The molecule has 4 nitrogen and oxygen atoms in total. The Hall–Kier alpha value is -0.610. The van der Waals surface area contributed by atoms with Crippen LogP contribution in [0.1, 0.15) is 27.2 Å². The average molecular weight is 191 g/mol. The highest BCUT2D eigenvalue weighted by atomic mass is 16.4. The third-order valence-electron chi connectivity index (χ3n) is 1.61. The molecular formula is C9H21NO3. The molecule has 4 heteroatoms. The van der Waals surface area contributed by atoms with Gasteiger partial charge >= 0.3 is 5.97 Å². The Morgan fingerprint density at radius 2 is 1.62 bits per heavy atom. The van der Waals surface area contributed by atoms with E-state index >= 15 is 0 Å². The van der Waals surface area contributed by atoms with Crippen molar-refractivity contribution in [3.8, 4) is 0 Å². The minimum Gasteiger partial charge on any atom is -0.481 e. The van der Waals surface area contributed by atoms with Crippen molar-refractivity contribution in [2.75, 3.05) is 26.2 Å². The number of aliphatic carboxylic acids is 1. The van der Waals surface area contributed by atoms with Gasteiger partial charge in [-0.15, -0.1) is 0 Å². The quantitative estimate of drug-likeness (QED) is 0.675. The highest BCUT2D eigenvalue weighted by molar-refractivity contribution is 5.66. The number of carbonyl (C=O) groups is 1. The molecule has 0 radical (unpaired) electrons. The van der Waals surface area contributed by atoms with Gasteiger partial charge in [0.05, 0.1) is 6.61 Å². The third kappa shape index (κ3) is 14.3. The van der Waals surface area contributed by atoms with Crippen LogP contribution in [0, 0.1) is 0 Å². The highest BCUT2D eigenvalue weighted by Crippen LogP contribution is 1.82. The third-order valence-corrected chi connectivity index (χ3v) is 1.61. The van der Waals surface area contributed by atoms with Crippen LogP contribution in [-0.2, 0) is 4.79 Å². The van der Waals surface area contributed by atoms with Crippen molar-refractivity contribution < 1.29 is 15.0 Å². The smallest absolute Gasteiger partial charge is 0.303 e. The zero-order valence-electron chi connectivity index (χ0n) is 8.79. The molecule has 0 atom stereocenters. The normalized spacial score (nSPS) is 9.31. The van der Waals surface area contributed by atoms with Gasteiger partial charge in [0, 0.05) is 13.0 Å². The number of aliphatic hydroxyl groups excluding tert-OH is 1. The first-order valence-corrected chi connectivity index (χ1v) is 4.67. The van der Waals surface area contributed by atoms with Crippen molar-refractivity contribution in [1.82, 2.24) is 4.90 Å². The molecule has 0 aliphatic heterocycles. The number of nitrogens with zero attached hydrogens (tertiary/aromatic N) is 1. The summed E-state index contributed by atoms with van der Waals surface area (Å²) in [6, 6.07) is 0. The van der Waals surface area contributed by atoms with E-state index < -0.39 is 5.97 Å². The number of carboxylic acids is 1.